The maximum atomic E-state index is 12.8. The highest BCUT2D eigenvalue weighted by Crippen LogP contribution is 2.39. The van der Waals surface area contributed by atoms with Gasteiger partial charge < -0.3 is 9.47 Å². The van der Waals surface area contributed by atoms with Crippen LogP contribution in [0.3, 0.4) is 0 Å². The fourth-order valence-corrected chi connectivity index (χ4v) is 3.79. The predicted octanol–water partition coefficient (Wildman–Crippen LogP) is 6.03. The summed E-state index contributed by atoms with van der Waals surface area (Å²) in [4.78, 5) is 26.5. The van der Waals surface area contributed by atoms with Crippen LogP contribution in [0.25, 0.3) is 6.08 Å². The van der Waals surface area contributed by atoms with E-state index in [4.69, 9.17) is 32.7 Å². The summed E-state index contributed by atoms with van der Waals surface area (Å²) in [7, 11) is 0. The summed E-state index contributed by atoms with van der Waals surface area (Å²) in [6.45, 7) is 4.65. The van der Waals surface area contributed by atoms with Crippen LogP contribution in [0.5, 0.6) is 11.5 Å². The van der Waals surface area contributed by atoms with Gasteiger partial charge in [0.05, 0.1) is 28.8 Å². The van der Waals surface area contributed by atoms with Gasteiger partial charge in [-0.15, -0.1) is 0 Å². The Morgan fingerprint density at radius 3 is 2.21 bits per heavy atom. The molecule has 0 radical (unpaired) electrons. The molecule has 2 amide bonds. The summed E-state index contributed by atoms with van der Waals surface area (Å²) in [5, 5.41) is 0.534. The molecule has 1 aliphatic heterocycles. The van der Waals surface area contributed by atoms with Crippen molar-refractivity contribution < 1.29 is 19.1 Å². The topological polar surface area (TPSA) is 55.8 Å². The van der Waals surface area contributed by atoms with Crippen LogP contribution in [-0.4, -0.2) is 24.4 Å². The SMILES string of the molecule is CCOc1cc(Cl)c(/C=C2/SC(=O)N(c3ccc(Cl)cc3)C2=O)cc1OCC. The molecule has 0 N–H and O–H groups in total. The van der Waals surface area contributed by atoms with Crippen molar-refractivity contribution in [3.05, 3.63) is 56.9 Å². The van der Waals surface area contributed by atoms with E-state index in [1.807, 2.05) is 13.8 Å². The average molecular weight is 438 g/mol. The predicted molar refractivity (Wildman–Crippen MR) is 114 cm³/mol. The van der Waals surface area contributed by atoms with Crippen LogP contribution in [0.15, 0.2) is 41.3 Å². The molecule has 1 heterocycles. The number of nitrogens with zero attached hydrogens (tertiary/aromatic N) is 1. The third kappa shape index (κ3) is 4.29. The lowest BCUT2D eigenvalue weighted by Gasteiger charge is -2.13. The number of amides is 2. The van der Waals surface area contributed by atoms with Crippen molar-refractivity contribution in [1.29, 1.82) is 0 Å². The monoisotopic (exact) mass is 437 g/mol. The second kappa shape index (κ2) is 8.90. The maximum absolute atomic E-state index is 12.8. The van der Waals surface area contributed by atoms with Gasteiger partial charge in [-0.1, -0.05) is 23.2 Å². The lowest BCUT2D eigenvalue weighted by atomic mass is 10.1. The zero-order valence-electron chi connectivity index (χ0n) is 15.2. The Kier molecular flexibility index (Phi) is 6.54. The highest BCUT2D eigenvalue weighted by Gasteiger charge is 2.36. The normalized spacial score (nSPS) is 15.4. The van der Waals surface area contributed by atoms with Gasteiger partial charge in [0.2, 0.25) is 0 Å². The summed E-state index contributed by atoms with van der Waals surface area (Å²) in [6.07, 6.45) is 1.58. The second-order valence-electron chi connectivity index (χ2n) is 5.68. The summed E-state index contributed by atoms with van der Waals surface area (Å²) in [5.41, 5.74) is 1.03. The number of hydrogen-bond donors (Lipinski definition) is 0. The van der Waals surface area contributed by atoms with Crippen molar-refractivity contribution in [2.75, 3.05) is 18.1 Å². The number of thioether (sulfide) groups is 1. The van der Waals surface area contributed by atoms with Crippen LogP contribution in [0, 0.1) is 0 Å². The van der Waals surface area contributed by atoms with Crippen molar-refractivity contribution in [1.82, 2.24) is 0 Å². The second-order valence-corrected chi connectivity index (χ2v) is 7.52. The van der Waals surface area contributed by atoms with E-state index in [2.05, 4.69) is 0 Å². The number of carbonyl (C=O) groups excluding carboxylic acids is 2. The molecule has 0 bridgehead atoms. The minimum Gasteiger partial charge on any atom is -0.490 e. The fraction of sp³-hybridized carbons (Fsp3) is 0.200. The van der Waals surface area contributed by atoms with Crippen molar-refractivity contribution >= 4 is 57.9 Å². The van der Waals surface area contributed by atoms with Crippen LogP contribution < -0.4 is 14.4 Å². The molecular weight excluding hydrogens is 421 g/mol. The van der Waals surface area contributed by atoms with Gasteiger partial charge in [0.1, 0.15) is 0 Å². The van der Waals surface area contributed by atoms with Crippen LogP contribution >= 0.6 is 35.0 Å². The molecule has 1 saturated heterocycles. The molecule has 1 aliphatic rings. The van der Waals surface area contributed by atoms with E-state index in [1.54, 1.807) is 42.5 Å². The molecule has 0 aromatic heterocycles. The average Bonchev–Trinajstić information content (AvgIpc) is 2.93. The van der Waals surface area contributed by atoms with Gasteiger partial charge in [0.15, 0.2) is 11.5 Å². The number of benzene rings is 2. The van der Waals surface area contributed by atoms with Gasteiger partial charge in [0.25, 0.3) is 11.1 Å². The third-order valence-corrected chi connectivity index (χ3v) is 5.28. The minimum absolute atomic E-state index is 0.272. The first-order valence-electron chi connectivity index (χ1n) is 8.57. The molecule has 8 heteroatoms. The van der Waals surface area contributed by atoms with Gasteiger partial charge in [0, 0.05) is 11.1 Å². The number of halogens is 2. The Bertz CT molecular complexity index is 944. The van der Waals surface area contributed by atoms with Gasteiger partial charge >= 0.3 is 0 Å². The number of ether oxygens (including phenoxy) is 2. The lowest BCUT2D eigenvalue weighted by Crippen LogP contribution is -2.27. The Morgan fingerprint density at radius 2 is 1.61 bits per heavy atom. The Morgan fingerprint density at radius 1 is 1.00 bits per heavy atom. The largest absolute Gasteiger partial charge is 0.490 e. The van der Waals surface area contributed by atoms with E-state index >= 15 is 0 Å². The lowest BCUT2D eigenvalue weighted by molar-refractivity contribution is -0.113. The molecule has 146 valence electrons. The highest BCUT2D eigenvalue weighted by molar-refractivity contribution is 8.19. The van der Waals surface area contributed by atoms with E-state index in [9.17, 15) is 9.59 Å². The van der Waals surface area contributed by atoms with Gasteiger partial charge in [-0.3, -0.25) is 9.59 Å². The Balaban J connectivity index is 1.95. The van der Waals surface area contributed by atoms with Crippen molar-refractivity contribution in [2.45, 2.75) is 13.8 Å². The van der Waals surface area contributed by atoms with E-state index in [0.717, 1.165) is 16.7 Å². The molecule has 0 spiro atoms. The first-order valence-corrected chi connectivity index (χ1v) is 10.1. The molecule has 0 saturated carbocycles. The van der Waals surface area contributed by atoms with Crippen molar-refractivity contribution in [2.24, 2.45) is 0 Å². The number of anilines is 1. The van der Waals surface area contributed by atoms with Crippen LogP contribution in [0.4, 0.5) is 10.5 Å². The standard InChI is InChI=1S/C20H17Cl2NO4S/c1-3-26-16-9-12(15(22)11-17(16)27-4-2)10-18-19(24)23(20(25)28-18)14-7-5-13(21)6-8-14/h5-11H,3-4H2,1-2H3/b18-10+. The van der Waals surface area contributed by atoms with E-state index in [1.165, 1.54) is 0 Å². The van der Waals surface area contributed by atoms with Crippen molar-refractivity contribution in [3.8, 4) is 11.5 Å². The maximum Gasteiger partial charge on any atom is 0.298 e. The first-order chi connectivity index (χ1) is 13.4. The van der Waals surface area contributed by atoms with E-state index < -0.39 is 5.91 Å². The first kappa shape index (κ1) is 20.6. The van der Waals surface area contributed by atoms with Gasteiger partial charge in [-0.25, -0.2) is 4.90 Å². The van der Waals surface area contributed by atoms with Crippen LogP contribution in [0.2, 0.25) is 10.0 Å². The summed E-state index contributed by atoms with van der Waals surface area (Å²) in [6, 6.07) is 9.85. The number of rotatable bonds is 6. The Hall–Kier alpha value is -2.15. The molecule has 3 rings (SSSR count). The van der Waals surface area contributed by atoms with Gasteiger partial charge in [-0.05, 0) is 67.6 Å². The molecule has 5 nitrogen and oxygen atoms in total. The molecule has 0 aliphatic carbocycles. The molecule has 2 aromatic rings. The minimum atomic E-state index is -0.416. The van der Waals surface area contributed by atoms with Gasteiger partial charge in [-0.2, -0.15) is 0 Å². The molecule has 0 unspecified atom stereocenters. The quantitative estimate of drug-likeness (QED) is 0.516. The number of hydrogen-bond acceptors (Lipinski definition) is 5. The molecule has 28 heavy (non-hydrogen) atoms. The number of imide groups is 1. The molecule has 2 aromatic carbocycles. The third-order valence-electron chi connectivity index (χ3n) is 3.83. The summed E-state index contributed by atoms with van der Waals surface area (Å²) < 4.78 is 11.1. The molecule has 1 fully saturated rings. The molecular formula is C20H17Cl2NO4S. The van der Waals surface area contributed by atoms with E-state index in [-0.39, 0.29) is 10.1 Å². The number of carbonyl (C=O) groups is 2. The van der Waals surface area contributed by atoms with Crippen LogP contribution in [0.1, 0.15) is 19.4 Å². The Labute approximate surface area is 177 Å². The van der Waals surface area contributed by atoms with Crippen molar-refractivity contribution in [3.63, 3.8) is 0 Å². The van der Waals surface area contributed by atoms with E-state index in [0.29, 0.717) is 46.0 Å². The zero-order chi connectivity index (χ0) is 20.3. The molecule has 0 atom stereocenters. The van der Waals surface area contributed by atoms with Crippen LogP contribution in [-0.2, 0) is 4.79 Å². The smallest absolute Gasteiger partial charge is 0.298 e. The summed E-state index contributed by atoms with van der Waals surface area (Å²) >= 11 is 13.1. The summed E-state index contributed by atoms with van der Waals surface area (Å²) in [5.74, 6) is 0.637. The zero-order valence-corrected chi connectivity index (χ0v) is 17.5. The fourth-order valence-electron chi connectivity index (χ4n) is 2.62. The highest BCUT2D eigenvalue weighted by atomic mass is 35.5.